The molecular formula is C25H40N2OSi. The third kappa shape index (κ3) is 3.85. The minimum atomic E-state index is -1.68. The summed E-state index contributed by atoms with van der Waals surface area (Å²) in [6.07, 6.45) is 12.4. The van der Waals surface area contributed by atoms with Crippen LogP contribution >= 0.6 is 0 Å². The summed E-state index contributed by atoms with van der Waals surface area (Å²) < 4.78 is 0. The monoisotopic (exact) mass is 412 g/mol. The number of hydroxylamine groups is 2. The van der Waals surface area contributed by atoms with Crippen LogP contribution in [0, 0.1) is 28.7 Å². The van der Waals surface area contributed by atoms with Crippen LogP contribution in [0.5, 0.6) is 0 Å². The molecule has 0 N–H and O–H groups in total. The topological polar surface area (TPSA) is 36.3 Å². The molecule has 0 aromatic heterocycles. The van der Waals surface area contributed by atoms with E-state index in [9.17, 15) is 5.26 Å². The second-order valence-electron chi connectivity index (χ2n) is 10.4. The highest BCUT2D eigenvalue weighted by Crippen LogP contribution is 2.53. The molecule has 3 fully saturated rings. The van der Waals surface area contributed by atoms with Crippen molar-refractivity contribution in [3.63, 3.8) is 0 Å². The van der Waals surface area contributed by atoms with E-state index in [4.69, 9.17) is 4.84 Å². The number of allylic oxidation sites excluding steroid dienone is 1. The van der Waals surface area contributed by atoms with Crippen molar-refractivity contribution in [2.45, 2.75) is 121 Å². The van der Waals surface area contributed by atoms with Crippen molar-refractivity contribution in [1.29, 1.82) is 5.26 Å². The van der Waals surface area contributed by atoms with Crippen LogP contribution in [-0.2, 0) is 4.84 Å². The highest BCUT2D eigenvalue weighted by molar-refractivity contribution is 6.90. The quantitative estimate of drug-likeness (QED) is 0.388. The van der Waals surface area contributed by atoms with Crippen LogP contribution in [0.2, 0.25) is 16.6 Å². The third-order valence-corrected chi connectivity index (χ3v) is 14.5. The van der Waals surface area contributed by atoms with Crippen molar-refractivity contribution >= 4 is 8.07 Å². The van der Waals surface area contributed by atoms with Gasteiger partial charge in [0, 0.05) is 12.0 Å². The molecule has 3 rings (SSSR count). The molecule has 4 atom stereocenters. The molecule has 3 unspecified atom stereocenters. The van der Waals surface area contributed by atoms with E-state index in [1.807, 2.05) is 0 Å². The molecule has 1 saturated carbocycles. The maximum Gasteiger partial charge on any atom is 0.146 e. The van der Waals surface area contributed by atoms with Crippen molar-refractivity contribution in [3.05, 3.63) is 12.2 Å². The van der Waals surface area contributed by atoms with Gasteiger partial charge in [0.1, 0.15) is 8.07 Å². The van der Waals surface area contributed by atoms with E-state index in [1.165, 1.54) is 25.7 Å². The first-order valence-corrected chi connectivity index (χ1v) is 14.0. The molecule has 0 amide bonds. The Morgan fingerprint density at radius 3 is 2.28 bits per heavy atom. The average Bonchev–Trinajstić information content (AvgIpc) is 2.82. The number of fused-ring (bicyclic) bond motifs is 1. The molecule has 29 heavy (non-hydrogen) atoms. The van der Waals surface area contributed by atoms with Gasteiger partial charge >= 0.3 is 0 Å². The van der Waals surface area contributed by atoms with Gasteiger partial charge in [0.15, 0.2) is 0 Å². The SMILES string of the molecule is CC(C)[Si](C#C/C=C\C1C2CCCC13CCC[C@@H](CC#N)N3O2)(C(C)C)C(C)C. The molecule has 2 heterocycles. The van der Waals surface area contributed by atoms with Crippen LogP contribution in [0.15, 0.2) is 12.2 Å². The minimum Gasteiger partial charge on any atom is -0.294 e. The summed E-state index contributed by atoms with van der Waals surface area (Å²) in [6, 6.07) is 2.65. The molecule has 4 heteroatoms. The Morgan fingerprint density at radius 1 is 1.07 bits per heavy atom. The van der Waals surface area contributed by atoms with Crippen LogP contribution in [0.4, 0.5) is 0 Å². The summed E-state index contributed by atoms with van der Waals surface area (Å²) in [5.41, 5.74) is 5.92. The second-order valence-corrected chi connectivity index (χ2v) is 16.0. The third-order valence-electron chi connectivity index (χ3n) is 8.15. The van der Waals surface area contributed by atoms with Gasteiger partial charge < -0.3 is 0 Å². The van der Waals surface area contributed by atoms with E-state index in [1.54, 1.807) is 0 Å². The Bertz CT molecular complexity index is 685. The lowest BCUT2D eigenvalue weighted by molar-refractivity contribution is -0.220. The standard InChI is InChI=1S/C25H40N2OSi/c1-19(2)29(20(3)4,21(5)6)18-8-7-12-23-24-13-10-16-25(23)15-9-11-22(14-17-26)27(25)28-24/h7,12,19-24H,9-11,13-16H2,1-6H3/b12-7-/t22-,23?,24?,25?/m0/s1. The highest BCUT2D eigenvalue weighted by Gasteiger charge is 2.59. The lowest BCUT2D eigenvalue weighted by Crippen LogP contribution is -2.55. The smallest absolute Gasteiger partial charge is 0.146 e. The number of nitriles is 1. The molecule has 2 bridgehead atoms. The normalized spacial score (nSPS) is 32.5. The largest absolute Gasteiger partial charge is 0.294 e. The van der Waals surface area contributed by atoms with Gasteiger partial charge in [-0.3, -0.25) is 4.84 Å². The first-order valence-electron chi connectivity index (χ1n) is 11.8. The van der Waals surface area contributed by atoms with Crippen molar-refractivity contribution in [2.24, 2.45) is 5.92 Å². The molecular weight excluding hydrogens is 372 g/mol. The Hall–Kier alpha value is -1.07. The van der Waals surface area contributed by atoms with Crippen LogP contribution < -0.4 is 0 Å². The zero-order valence-electron chi connectivity index (χ0n) is 19.4. The van der Waals surface area contributed by atoms with Crippen LogP contribution in [0.3, 0.4) is 0 Å². The summed E-state index contributed by atoms with van der Waals surface area (Å²) in [6.45, 7) is 14.2. The Kier molecular flexibility index (Phi) is 6.99. The molecule has 3 aliphatic rings. The molecule has 1 aliphatic carbocycles. The lowest BCUT2D eigenvalue weighted by atomic mass is 9.67. The fourth-order valence-electron chi connectivity index (χ4n) is 6.89. The first-order chi connectivity index (χ1) is 13.8. The van der Waals surface area contributed by atoms with Gasteiger partial charge in [-0.25, -0.2) is 0 Å². The Labute approximate surface area is 179 Å². The zero-order valence-corrected chi connectivity index (χ0v) is 20.4. The van der Waals surface area contributed by atoms with E-state index < -0.39 is 8.07 Å². The van der Waals surface area contributed by atoms with Gasteiger partial charge in [-0.1, -0.05) is 53.5 Å². The fraction of sp³-hybridized carbons (Fsp3) is 0.800. The maximum absolute atomic E-state index is 9.27. The molecule has 2 aliphatic heterocycles. The van der Waals surface area contributed by atoms with Gasteiger partial charge in [0.05, 0.1) is 24.1 Å². The van der Waals surface area contributed by atoms with Crippen molar-refractivity contribution in [3.8, 4) is 17.5 Å². The van der Waals surface area contributed by atoms with Gasteiger partial charge in [-0.05, 0) is 61.2 Å². The number of hydrogen-bond donors (Lipinski definition) is 0. The van der Waals surface area contributed by atoms with Crippen molar-refractivity contribution in [2.75, 3.05) is 0 Å². The average molecular weight is 413 g/mol. The molecule has 0 radical (unpaired) electrons. The van der Waals surface area contributed by atoms with Gasteiger partial charge in [0.25, 0.3) is 0 Å². The van der Waals surface area contributed by atoms with Gasteiger partial charge in [-0.2, -0.15) is 10.3 Å². The van der Waals surface area contributed by atoms with E-state index in [2.05, 4.69) is 76.3 Å². The lowest BCUT2D eigenvalue weighted by Gasteiger charge is -2.47. The number of nitrogens with zero attached hydrogens (tertiary/aromatic N) is 2. The first kappa shape index (κ1) is 22.6. The van der Waals surface area contributed by atoms with Crippen LogP contribution in [0.1, 0.15) is 86.5 Å². The summed E-state index contributed by atoms with van der Waals surface area (Å²) in [5.74, 6) is 3.94. The van der Waals surface area contributed by atoms with Crippen LogP contribution in [-0.4, -0.2) is 30.8 Å². The van der Waals surface area contributed by atoms with E-state index in [0.717, 1.165) is 12.8 Å². The fourth-order valence-corrected chi connectivity index (χ4v) is 12.1. The van der Waals surface area contributed by atoms with E-state index >= 15 is 0 Å². The summed E-state index contributed by atoms with van der Waals surface area (Å²) >= 11 is 0. The van der Waals surface area contributed by atoms with Crippen LogP contribution in [0.25, 0.3) is 0 Å². The van der Waals surface area contributed by atoms with Crippen molar-refractivity contribution < 1.29 is 4.84 Å². The molecule has 0 aromatic carbocycles. The maximum atomic E-state index is 9.27. The number of hydrogen-bond acceptors (Lipinski definition) is 3. The predicted octanol–water partition coefficient (Wildman–Crippen LogP) is 6.38. The number of rotatable bonds is 5. The zero-order chi connectivity index (χ0) is 21.2. The van der Waals surface area contributed by atoms with Crippen molar-refractivity contribution in [1.82, 2.24) is 5.06 Å². The molecule has 160 valence electrons. The second kappa shape index (κ2) is 8.97. The predicted molar refractivity (Wildman–Crippen MR) is 123 cm³/mol. The van der Waals surface area contributed by atoms with E-state index in [0.29, 0.717) is 29.0 Å². The summed E-state index contributed by atoms with van der Waals surface area (Å²) in [5, 5.41) is 11.5. The summed E-state index contributed by atoms with van der Waals surface area (Å²) in [7, 11) is -1.68. The highest BCUT2D eigenvalue weighted by atomic mass is 28.3. The summed E-state index contributed by atoms with van der Waals surface area (Å²) in [4.78, 5) is 6.46. The van der Waals surface area contributed by atoms with Gasteiger partial charge in [0.2, 0.25) is 0 Å². The minimum absolute atomic E-state index is 0.101. The molecule has 2 saturated heterocycles. The molecule has 1 spiro atoms. The van der Waals surface area contributed by atoms with Gasteiger partial charge in [-0.15, -0.1) is 5.54 Å². The molecule has 3 nitrogen and oxygen atoms in total. The molecule has 0 aromatic rings. The number of piperidine rings is 1. The Balaban J connectivity index is 1.85. The Morgan fingerprint density at radius 2 is 1.69 bits per heavy atom. The van der Waals surface area contributed by atoms with E-state index in [-0.39, 0.29) is 17.7 Å².